The Morgan fingerprint density at radius 2 is 1.64 bits per heavy atom. The zero-order valence-corrected chi connectivity index (χ0v) is 20.3. The molecular weight excluding hydrogens is 456 g/mol. The number of nitrogens with zero attached hydrogens (tertiary/aromatic N) is 3. The number of likely N-dealkylation sites (N-methyl/N-ethyl adjacent to an activating group) is 1. The van der Waals surface area contributed by atoms with Crippen LogP contribution >= 0.6 is 0 Å². The molecule has 0 saturated carbocycles. The molecule has 3 aromatic rings. The minimum atomic E-state index is -1.12. The van der Waals surface area contributed by atoms with E-state index in [0.717, 1.165) is 59.8 Å². The molecule has 0 radical (unpaired) electrons. The van der Waals surface area contributed by atoms with Gasteiger partial charge in [0, 0.05) is 44.7 Å². The summed E-state index contributed by atoms with van der Waals surface area (Å²) in [4.78, 5) is 33.5. The van der Waals surface area contributed by atoms with Gasteiger partial charge in [0.2, 0.25) is 0 Å². The smallest absolute Gasteiger partial charge is 0.407 e. The molecule has 2 aromatic carbocycles. The molecule has 1 saturated heterocycles. The maximum Gasteiger partial charge on any atom is 0.407 e. The van der Waals surface area contributed by atoms with Gasteiger partial charge in [0.05, 0.1) is 0 Å². The van der Waals surface area contributed by atoms with Crippen LogP contribution < -0.4 is 10.2 Å². The minimum Gasteiger partial charge on any atom is -0.480 e. The first kappa shape index (κ1) is 23.8. The molecule has 1 aromatic heterocycles. The number of benzene rings is 2. The zero-order chi connectivity index (χ0) is 25.1. The van der Waals surface area contributed by atoms with Crippen LogP contribution in [-0.4, -0.2) is 72.9 Å². The molecule has 2 heterocycles. The van der Waals surface area contributed by atoms with E-state index in [1.54, 1.807) is 6.20 Å². The summed E-state index contributed by atoms with van der Waals surface area (Å²) in [5.41, 5.74) is 5.22. The number of alkyl carbamates (subject to hydrolysis) is 1. The number of hydrogen-bond donors (Lipinski definition) is 2. The van der Waals surface area contributed by atoms with Gasteiger partial charge in [-0.15, -0.1) is 0 Å². The lowest BCUT2D eigenvalue weighted by Gasteiger charge is -2.33. The number of ether oxygens (including phenoxy) is 1. The van der Waals surface area contributed by atoms with Crippen LogP contribution in [-0.2, 0) is 16.0 Å². The lowest BCUT2D eigenvalue weighted by atomic mass is 9.98. The van der Waals surface area contributed by atoms with Crippen LogP contribution in [0.2, 0.25) is 0 Å². The van der Waals surface area contributed by atoms with Gasteiger partial charge in [0.25, 0.3) is 0 Å². The van der Waals surface area contributed by atoms with E-state index in [2.05, 4.69) is 39.3 Å². The third-order valence-electron chi connectivity index (χ3n) is 7.01. The van der Waals surface area contributed by atoms with Crippen molar-refractivity contribution < 1.29 is 19.4 Å². The van der Waals surface area contributed by atoms with Crippen LogP contribution in [0.25, 0.3) is 11.1 Å². The van der Waals surface area contributed by atoms with Crippen LogP contribution in [0.5, 0.6) is 0 Å². The average Bonchev–Trinajstić information content (AvgIpc) is 3.22. The summed E-state index contributed by atoms with van der Waals surface area (Å²) in [6.07, 6.45) is 1.06. The summed E-state index contributed by atoms with van der Waals surface area (Å²) >= 11 is 0. The van der Waals surface area contributed by atoms with Gasteiger partial charge >= 0.3 is 12.1 Å². The fourth-order valence-electron chi connectivity index (χ4n) is 4.98. The highest BCUT2D eigenvalue weighted by Crippen LogP contribution is 2.44. The van der Waals surface area contributed by atoms with Crippen molar-refractivity contribution in [3.05, 3.63) is 83.6 Å². The van der Waals surface area contributed by atoms with Crippen molar-refractivity contribution in [2.45, 2.75) is 18.4 Å². The Morgan fingerprint density at radius 1 is 1.00 bits per heavy atom. The second-order valence-electron chi connectivity index (χ2n) is 9.38. The maximum absolute atomic E-state index is 12.6. The fourth-order valence-corrected chi connectivity index (χ4v) is 4.98. The molecule has 1 fully saturated rings. The highest BCUT2D eigenvalue weighted by atomic mass is 16.5. The van der Waals surface area contributed by atoms with Crippen LogP contribution in [0, 0.1) is 0 Å². The number of rotatable bonds is 7. The molecule has 1 atom stereocenters. The van der Waals surface area contributed by atoms with Gasteiger partial charge < -0.3 is 25.0 Å². The largest absolute Gasteiger partial charge is 0.480 e. The van der Waals surface area contributed by atoms with Gasteiger partial charge in [0.15, 0.2) is 0 Å². The second kappa shape index (κ2) is 10.4. The highest BCUT2D eigenvalue weighted by Gasteiger charge is 2.30. The minimum absolute atomic E-state index is 0.0854. The Morgan fingerprint density at radius 3 is 2.22 bits per heavy atom. The molecule has 8 nitrogen and oxygen atoms in total. The van der Waals surface area contributed by atoms with E-state index in [1.807, 2.05) is 48.5 Å². The number of nitrogens with one attached hydrogen (secondary N) is 1. The third kappa shape index (κ3) is 5.04. The zero-order valence-electron chi connectivity index (χ0n) is 20.3. The van der Waals surface area contributed by atoms with Gasteiger partial charge in [-0.05, 0) is 40.9 Å². The highest BCUT2D eigenvalue weighted by molar-refractivity contribution is 5.81. The van der Waals surface area contributed by atoms with E-state index in [-0.39, 0.29) is 18.9 Å². The molecular formula is C28H30N4O4. The Bertz CT molecular complexity index is 1190. The van der Waals surface area contributed by atoms with Gasteiger partial charge in [-0.25, -0.2) is 14.6 Å². The van der Waals surface area contributed by atoms with E-state index < -0.39 is 18.1 Å². The molecule has 36 heavy (non-hydrogen) atoms. The number of fused-ring (bicyclic) bond motifs is 3. The van der Waals surface area contributed by atoms with Gasteiger partial charge in [-0.3, -0.25) is 0 Å². The van der Waals surface area contributed by atoms with Crippen LogP contribution in [0.15, 0.2) is 66.9 Å². The number of carboxylic acid groups (broad SMARTS) is 1. The average molecular weight is 487 g/mol. The van der Waals surface area contributed by atoms with Crippen LogP contribution in [0.3, 0.4) is 0 Å². The molecule has 1 aliphatic carbocycles. The quantitative estimate of drug-likeness (QED) is 0.529. The number of anilines is 1. The lowest BCUT2D eigenvalue weighted by Crippen LogP contribution is -2.44. The van der Waals surface area contributed by atoms with E-state index in [0.29, 0.717) is 0 Å². The van der Waals surface area contributed by atoms with E-state index in [4.69, 9.17) is 4.74 Å². The van der Waals surface area contributed by atoms with Crippen molar-refractivity contribution >= 4 is 17.9 Å². The van der Waals surface area contributed by atoms with Gasteiger partial charge in [0.1, 0.15) is 18.5 Å². The van der Waals surface area contributed by atoms with Gasteiger partial charge in [-0.1, -0.05) is 54.6 Å². The monoisotopic (exact) mass is 486 g/mol. The number of amides is 1. The summed E-state index contributed by atoms with van der Waals surface area (Å²) in [7, 11) is 2.10. The molecule has 1 aliphatic heterocycles. The molecule has 5 rings (SSSR count). The maximum atomic E-state index is 12.6. The molecule has 186 valence electrons. The molecule has 0 bridgehead atoms. The first-order valence-corrected chi connectivity index (χ1v) is 12.2. The number of aliphatic carboxylic acids is 1. The topological polar surface area (TPSA) is 95.0 Å². The fraction of sp³-hybridized carbons (Fsp3) is 0.321. The predicted octanol–water partition coefficient (Wildman–Crippen LogP) is 3.37. The Balaban J connectivity index is 1.19. The normalized spacial score (nSPS) is 16.2. The number of pyridine rings is 1. The first-order chi connectivity index (χ1) is 17.5. The SMILES string of the molecule is CN1CCN(c2ccc(C[C@H](NC(=O)OCC3c4ccccc4-c4ccccc43)C(=O)O)cn2)CC1. The van der Waals surface area contributed by atoms with Crippen molar-refractivity contribution in [3.8, 4) is 11.1 Å². The number of piperazine rings is 1. The number of aromatic nitrogens is 1. The van der Waals surface area contributed by atoms with E-state index in [9.17, 15) is 14.7 Å². The van der Waals surface area contributed by atoms with E-state index in [1.165, 1.54) is 0 Å². The number of carbonyl (C=O) groups is 2. The summed E-state index contributed by atoms with van der Waals surface area (Å²) in [5.74, 6) is -0.326. The standard InChI is InChI=1S/C28H30N4O4/c1-31-12-14-32(15-13-31)26-11-10-19(17-29-26)16-25(27(33)34)30-28(35)36-18-24-22-8-4-2-6-20(22)21-7-3-5-9-23(21)24/h2-11,17,24-25H,12-16,18H2,1H3,(H,30,35)(H,33,34)/t25-/m0/s1. The Labute approximate surface area is 210 Å². The summed E-state index contributed by atoms with van der Waals surface area (Å²) < 4.78 is 5.53. The van der Waals surface area contributed by atoms with Crippen LogP contribution in [0.4, 0.5) is 10.6 Å². The number of hydrogen-bond acceptors (Lipinski definition) is 6. The molecule has 2 aliphatic rings. The molecule has 1 amide bonds. The summed E-state index contributed by atoms with van der Waals surface area (Å²) in [5, 5.41) is 12.2. The van der Waals surface area contributed by atoms with Crippen molar-refractivity contribution in [1.29, 1.82) is 0 Å². The first-order valence-electron chi connectivity index (χ1n) is 12.2. The van der Waals surface area contributed by atoms with Crippen molar-refractivity contribution in [2.24, 2.45) is 0 Å². The van der Waals surface area contributed by atoms with Crippen molar-refractivity contribution in [3.63, 3.8) is 0 Å². The van der Waals surface area contributed by atoms with Crippen LogP contribution in [0.1, 0.15) is 22.6 Å². The lowest BCUT2D eigenvalue weighted by molar-refractivity contribution is -0.139. The van der Waals surface area contributed by atoms with Crippen molar-refractivity contribution in [2.75, 3.05) is 44.7 Å². The molecule has 8 heteroatoms. The predicted molar refractivity (Wildman–Crippen MR) is 137 cm³/mol. The number of carbonyl (C=O) groups excluding carboxylic acids is 1. The third-order valence-corrected chi connectivity index (χ3v) is 7.01. The Hall–Kier alpha value is -3.91. The Kier molecular flexibility index (Phi) is 6.86. The van der Waals surface area contributed by atoms with Gasteiger partial charge in [-0.2, -0.15) is 0 Å². The van der Waals surface area contributed by atoms with E-state index >= 15 is 0 Å². The molecule has 2 N–H and O–H groups in total. The summed E-state index contributed by atoms with van der Waals surface area (Å²) in [6, 6.07) is 18.8. The van der Waals surface area contributed by atoms with Crippen molar-refractivity contribution in [1.82, 2.24) is 15.2 Å². The molecule has 0 unspecified atom stereocenters. The molecule has 0 spiro atoms. The summed E-state index contributed by atoms with van der Waals surface area (Å²) in [6.45, 7) is 3.91. The second-order valence-corrected chi connectivity index (χ2v) is 9.38. The number of carboxylic acids is 1.